The van der Waals surface area contributed by atoms with Gasteiger partial charge in [0.05, 0.1) is 6.61 Å². The van der Waals surface area contributed by atoms with Crippen LogP contribution in [0.15, 0.2) is 48.5 Å². The number of benzene rings is 2. The van der Waals surface area contributed by atoms with Gasteiger partial charge in [0.1, 0.15) is 35.6 Å². The summed E-state index contributed by atoms with van der Waals surface area (Å²) in [6, 6.07) is 15.0. The molecule has 0 bridgehead atoms. The number of rotatable bonds is 6. The summed E-state index contributed by atoms with van der Waals surface area (Å²) in [6.07, 6.45) is -3.79. The lowest BCUT2D eigenvalue weighted by molar-refractivity contribution is -0.246. The monoisotopic (exact) mass is 374 g/mol. The molecule has 4 atom stereocenters. The van der Waals surface area contributed by atoms with Crippen molar-refractivity contribution in [1.82, 2.24) is 0 Å². The maximum absolute atomic E-state index is 10.1. The second-order valence-electron chi connectivity index (χ2n) is 6.87. The van der Waals surface area contributed by atoms with E-state index < -0.39 is 24.6 Å². The predicted octanol–water partition coefficient (Wildman–Crippen LogP) is 3.07. The van der Waals surface area contributed by atoms with Gasteiger partial charge in [-0.15, -0.1) is 0 Å². The minimum Gasteiger partial charge on any atom is -0.462 e. The Labute approximate surface area is 159 Å². The summed E-state index contributed by atoms with van der Waals surface area (Å²) in [6.45, 7) is 4.44. The molecule has 146 valence electrons. The molecule has 2 aromatic rings. The molecule has 0 spiro atoms. The van der Waals surface area contributed by atoms with Gasteiger partial charge in [-0.1, -0.05) is 26.0 Å². The normalized spacial score (nSPS) is 25.4. The van der Waals surface area contributed by atoms with E-state index in [2.05, 4.69) is 26.0 Å². The first-order chi connectivity index (χ1) is 13.0. The standard InChI is InChI=1S/C21H26O6/c1-13(2)14-4-6-15(7-5-14)26-16-8-10-17(11-9-16)27-21-20(23)19(22)18(24-3)12-25-21/h4-11,13,18-23H,12H2,1-3H3/t18-,19-,20+,21+/m0/s1. The molecule has 6 heteroatoms. The summed E-state index contributed by atoms with van der Waals surface area (Å²) >= 11 is 0. The first-order valence-corrected chi connectivity index (χ1v) is 9.03. The van der Waals surface area contributed by atoms with Gasteiger partial charge in [0, 0.05) is 7.11 Å². The van der Waals surface area contributed by atoms with E-state index in [-0.39, 0.29) is 6.61 Å². The molecule has 27 heavy (non-hydrogen) atoms. The van der Waals surface area contributed by atoms with Crippen LogP contribution in [0.2, 0.25) is 0 Å². The van der Waals surface area contributed by atoms with Crippen molar-refractivity contribution in [3.63, 3.8) is 0 Å². The Kier molecular flexibility index (Phi) is 6.34. The molecule has 2 aromatic carbocycles. The van der Waals surface area contributed by atoms with Gasteiger partial charge in [-0.3, -0.25) is 0 Å². The number of ether oxygens (including phenoxy) is 4. The van der Waals surface area contributed by atoms with E-state index >= 15 is 0 Å². The highest BCUT2D eigenvalue weighted by Crippen LogP contribution is 2.27. The van der Waals surface area contributed by atoms with Gasteiger partial charge in [-0.05, 0) is 47.9 Å². The summed E-state index contributed by atoms with van der Waals surface area (Å²) in [7, 11) is 1.46. The van der Waals surface area contributed by atoms with Crippen molar-refractivity contribution < 1.29 is 29.2 Å². The van der Waals surface area contributed by atoms with Gasteiger partial charge < -0.3 is 29.2 Å². The van der Waals surface area contributed by atoms with E-state index in [9.17, 15) is 10.2 Å². The summed E-state index contributed by atoms with van der Waals surface area (Å²) < 4.78 is 22.0. The maximum atomic E-state index is 10.1. The largest absolute Gasteiger partial charge is 0.462 e. The first-order valence-electron chi connectivity index (χ1n) is 9.03. The van der Waals surface area contributed by atoms with Gasteiger partial charge in [-0.25, -0.2) is 0 Å². The van der Waals surface area contributed by atoms with Crippen molar-refractivity contribution in [2.45, 2.75) is 44.4 Å². The number of methoxy groups -OCH3 is 1. The minimum absolute atomic E-state index is 0.146. The number of hydrogen-bond acceptors (Lipinski definition) is 6. The Morgan fingerprint density at radius 1 is 0.889 bits per heavy atom. The third-order valence-corrected chi connectivity index (χ3v) is 4.60. The predicted molar refractivity (Wildman–Crippen MR) is 100 cm³/mol. The van der Waals surface area contributed by atoms with Crippen molar-refractivity contribution in [2.24, 2.45) is 0 Å². The highest BCUT2D eigenvalue weighted by molar-refractivity contribution is 5.36. The molecule has 0 radical (unpaired) electrons. The molecule has 1 aliphatic heterocycles. The molecule has 0 amide bonds. The maximum Gasteiger partial charge on any atom is 0.228 e. The van der Waals surface area contributed by atoms with Gasteiger partial charge in [0.15, 0.2) is 0 Å². The van der Waals surface area contributed by atoms with E-state index in [1.807, 2.05) is 12.1 Å². The average Bonchev–Trinajstić information content (AvgIpc) is 2.67. The molecule has 6 nitrogen and oxygen atoms in total. The molecular weight excluding hydrogens is 348 g/mol. The minimum atomic E-state index is -1.20. The van der Waals surface area contributed by atoms with Crippen LogP contribution in [0.1, 0.15) is 25.3 Å². The van der Waals surface area contributed by atoms with Crippen molar-refractivity contribution in [3.05, 3.63) is 54.1 Å². The Balaban J connectivity index is 1.59. The molecule has 1 saturated heterocycles. The molecule has 0 aromatic heterocycles. The first kappa shape index (κ1) is 19.6. The fourth-order valence-corrected chi connectivity index (χ4v) is 2.86. The molecule has 2 N–H and O–H groups in total. The zero-order valence-electron chi connectivity index (χ0n) is 15.7. The zero-order valence-corrected chi connectivity index (χ0v) is 15.7. The van der Waals surface area contributed by atoms with Crippen LogP contribution in [0.25, 0.3) is 0 Å². The fraction of sp³-hybridized carbons (Fsp3) is 0.429. The Hall–Kier alpha value is -2.12. The second kappa shape index (κ2) is 8.71. The van der Waals surface area contributed by atoms with E-state index in [1.165, 1.54) is 12.7 Å². The van der Waals surface area contributed by atoms with E-state index in [0.29, 0.717) is 17.4 Å². The Morgan fingerprint density at radius 3 is 2.00 bits per heavy atom. The summed E-state index contributed by atoms with van der Waals surface area (Å²) in [5.74, 6) is 2.41. The van der Waals surface area contributed by atoms with Crippen LogP contribution in [0, 0.1) is 0 Å². The van der Waals surface area contributed by atoms with Crippen molar-refractivity contribution in [2.75, 3.05) is 13.7 Å². The lowest BCUT2D eigenvalue weighted by Crippen LogP contribution is -2.55. The molecule has 0 saturated carbocycles. The molecule has 3 rings (SSSR count). The zero-order chi connectivity index (χ0) is 19.4. The van der Waals surface area contributed by atoms with Crippen LogP contribution >= 0.6 is 0 Å². The van der Waals surface area contributed by atoms with Gasteiger partial charge in [-0.2, -0.15) is 0 Å². The lowest BCUT2D eigenvalue weighted by atomic mass is 10.0. The summed E-state index contributed by atoms with van der Waals surface area (Å²) in [4.78, 5) is 0. The number of aliphatic hydroxyl groups is 2. The van der Waals surface area contributed by atoms with Crippen LogP contribution in [-0.4, -0.2) is 48.5 Å². The third-order valence-electron chi connectivity index (χ3n) is 4.60. The summed E-state index contributed by atoms with van der Waals surface area (Å²) in [5, 5.41) is 20.1. The quantitative estimate of drug-likeness (QED) is 0.809. The van der Waals surface area contributed by atoms with Crippen LogP contribution in [0.5, 0.6) is 17.2 Å². The second-order valence-corrected chi connectivity index (χ2v) is 6.87. The fourth-order valence-electron chi connectivity index (χ4n) is 2.86. The highest BCUT2D eigenvalue weighted by Gasteiger charge is 2.40. The SMILES string of the molecule is CO[C@H]1CO[C@H](Oc2ccc(Oc3ccc(C(C)C)cc3)cc2)[C@H](O)[C@H]1O. The number of aliphatic hydroxyl groups excluding tert-OH is 2. The number of hydrogen-bond donors (Lipinski definition) is 2. The molecule has 0 aliphatic carbocycles. The van der Waals surface area contributed by atoms with E-state index in [0.717, 1.165) is 5.75 Å². The topological polar surface area (TPSA) is 77.4 Å². The van der Waals surface area contributed by atoms with Crippen LogP contribution in [0.4, 0.5) is 0 Å². The Bertz CT molecular complexity index is 712. The van der Waals surface area contributed by atoms with Crippen molar-refractivity contribution >= 4 is 0 Å². The average molecular weight is 374 g/mol. The lowest BCUT2D eigenvalue weighted by Gasteiger charge is -2.36. The Morgan fingerprint density at radius 2 is 1.44 bits per heavy atom. The van der Waals surface area contributed by atoms with Crippen LogP contribution in [0.3, 0.4) is 0 Å². The summed E-state index contributed by atoms with van der Waals surface area (Å²) in [5.41, 5.74) is 1.26. The van der Waals surface area contributed by atoms with Gasteiger partial charge >= 0.3 is 0 Å². The molecule has 1 fully saturated rings. The van der Waals surface area contributed by atoms with E-state index in [4.69, 9.17) is 18.9 Å². The third kappa shape index (κ3) is 4.78. The molecule has 0 unspecified atom stereocenters. The molecule has 1 heterocycles. The smallest absolute Gasteiger partial charge is 0.228 e. The molecular formula is C21H26O6. The van der Waals surface area contributed by atoms with Gasteiger partial charge in [0.25, 0.3) is 0 Å². The highest BCUT2D eigenvalue weighted by atomic mass is 16.7. The van der Waals surface area contributed by atoms with Crippen molar-refractivity contribution in [3.8, 4) is 17.2 Å². The van der Waals surface area contributed by atoms with Crippen molar-refractivity contribution in [1.29, 1.82) is 0 Å². The van der Waals surface area contributed by atoms with Crippen LogP contribution < -0.4 is 9.47 Å². The van der Waals surface area contributed by atoms with Crippen LogP contribution in [-0.2, 0) is 9.47 Å². The molecule has 1 aliphatic rings. The van der Waals surface area contributed by atoms with E-state index in [1.54, 1.807) is 24.3 Å². The van der Waals surface area contributed by atoms with Gasteiger partial charge in [0.2, 0.25) is 6.29 Å².